The second kappa shape index (κ2) is 3.81. The van der Waals surface area contributed by atoms with Gasteiger partial charge in [-0.1, -0.05) is 19.1 Å². The molecule has 4 atom stereocenters. The monoisotopic (exact) mass is 228 g/mol. The van der Waals surface area contributed by atoms with Crippen LogP contribution in [-0.2, 0) is 9.47 Å². The van der Waals surface area contributed by atoms with Gasteiger partial charge in [0.25, 0.3) is 0 Å². The normalized spacial score (nSPS) is 44.2. The van der Waals surface area contributed by atoms with Crippen molar-refractivity contribution < 1.29 is 19.7 Å². The molecule has 2 N–H and O–H groups in total. The molecule has 0 heterocycles. The van der Waals surface area contributed by atoms with Crippen LogP contribution in [0.15, 0.2) is 12.2 Å². The standard InChI is InChI=1S/C12H20O4/c1-11(7-14)9(6-13)8-4-5-10(11)12(8,15-2)16-3/h4-5,8-10,13-14H,6-7H2,1-3H3/t8?,9-,10?,11-/m1/s1. The van der Waals surface area contributed by atoms with E-state index in [1.807, 2.05) is 19.1 Å². The van der Waals surface area contributed by atoms with E-state index in [1.54, 1.807) is 14.2 Å². The van der Waals surface area contributed by atoms with Gasteiger partial charge in [-0.3, -0.25) is 0 Å². The van der Waals surface area contributed by atoms with Gasteiger partial charge in [-0.2, -0.15) is 0 Å². The van der Waals surface area contributed by atoms with Crippen molar-refractivity contribution in [2.75, 3.05) is 27.4 Å². The lowest BCUT2D eigenvalue weighted by Gasteiger charge is -2.36. The molecule has 0 spiro atoms. The molecule has 92 valence electrons. The maximum absolute atomic E-state index is 9.62. The summed E-state index contributed by atoms with van der Waals surface area (Å²) in [6.45, 7) is 2.05. The molecule has 4 heteroatoms. The van der Waals surface area contributed by atoms with E-state index < -0.39 is 5.79 Å². The number of aliphatic hydroxyl groups excluding tert-OH is 2. The predicted molar refractivity (Wildman–Crippen MR) is 58.6 cm³/mol. The Morgan fingerprint density at radius 2 is 1.81 bits per heavy atom. The minimum absolute atomic E-state index is 0.00894. The summed E-state index contributed by atoms with van der Waals surface area (Å²) in [5, 5.41) is 19.1. The lowest BCUT2D eigenvalue weighted by molar-refractivity contribution is -0.238. The molecule has 4 nitrogen and oxygen atoms in total. The van der Waals surface area contributed by atoms with Crippen molar-refractivity contribution in [3.05, 3.63) is 12.2 Å². The highest BCUT2D eigenvalue weighted by Gasteiger charge is 2.67. The number of aliphatic hydroxyl groups is 2. The summed E-state index contributed by atoms with van der Waals surface area (Å²) >= 11 is 0. The molecule has 2 aliphatic carbocycles. The molecule has 1 fully saturated rings. The Bertz CT molecular complexity index is 297. The molecule has 2 unspecified atom stereocenters. The number of methoxy groups -OCH3 is 2. The predicted octanol–water partition coefficient (Wildman–Crippen LogP) is 0.398. The summed E-state index contributed by atoms with van der Waals surface area (Å²) in [6.07, 6.45) is 4.08. The Kier molecular flexibility index (Phi) is 2.87. The van der Waals surface area contributed by atoms with E-state index in [1.165, 1.54) is 0 Å². The highest BCUT2D eigenvalue weighted by Crippen LogP contribution is 2.62. The fraction of sp³-hybridized carbons (Fsp3) is 0.833. The fourth-order valence-corrected chi connectivity index (χ4v) is 3.59. The highest BCUT2D eigenvalue weighted by molar-refractivity contribution is 5.26. The fourth-order valence-electron chi connectivity index (χ4n) is 3.59. The van der Waals surface area contributed by atoms with Crippen LogP contribution >= 0.6 is 0 Å². The Hall–Kier alpha value is -0.420. The van der Waals surface area contributed by atoms with E-state index in [0.717, 1.165) is 0 Å². The highest BCUT2D eigenvalue weighted by atomic mass is 16.7. The summed E-state index contributed by atoms with van der Waals surface area (Å²) in [5.41, 5.74) is -0.375. The molecule has 0 saturated heterocycles. The summed E-state index contributed by atoms with van der Waals surface area (Å²) < 4.78 is 11.1. The summed E-state index contributed by atoms with van der Waals surface area (Å²) in [6, 6.07) is 0. The molecule has 0 aromatic rings. The van der Waals surface area contributed by atoms with E-state index >= 15 is 0 Å². The van der Waals surface area contributed by atoms with Crippen molar-refractivity contribution >= 4 is 0 Å². The molecular weight excluding hydrogens is 208 g/mol. The SMILES string of the molecule is COC1(OC)C2C=CC1[C@](C)(CO)[C@@H]2CO. The van der Waals surface area contributed by atoms with Crippen molar-refractivity contribution in [2.45, 2.75) is 12.7 Å². The van der Waals surface area contributed by atoms with Crippen molar-refractivity contribution in [1.82, 2.24) is 0 Å². The summed E-state index contributed by atoms with van der Waals surface area (Å²) in [5.74, 6) is -0.741. The topological polar surface area (TPSA) is 58.9 Å². The third kappa shape index (κ3) is 1.13. The lowest BCUT2D eigenvalue weighted by atomic mass is 9.71. The zero-order valence-electron chi connectivity index (χ0n) is 10.0. The average Bonchev–Trinajstić information content (AvgIpc) is 2.78. The van der Waals surface area contributed by atoms with Crippen molar-refractivity contribution in [1.29, 1.82) is 0 Å². The number of hydrogen-bond acceptors (Lipinski definition) is 4. The van der Waals surface area contributed by atoms with Gasteiger partial charge in [0.05, 0.1) is 0 Å². The van der Waals surface area contributed by atoms with Gasteiger partial charge in [-0.25, -0.2) is 0 Å². The molecule has 2 rings (SSSR count). The smallest absolute Gasteiger partial charge is 0.181 e. The quantitative estimate of drug-likeness (QED) is 0.540. The van der Waals surface area contributed by atoms with E-state index in [-0.39, 0.29) is 36.4 Å². The molecule has 0 amide bonds. The third-order valence-electron chi connectivity index (χ3n) is 4.58. The number of fused-ring (bicyclic) bond motifs is 2. The van der Waals surface area contributed by atoms with Crippen LogP contribution in [0.3, 0.4) is 0 Å². The molecule has 0 aromatic carbocycles. The first-order chi connectivity index (χ1) is 7.60. The first kappa shape index (κ1) is 12.0. The molecular formula is C12H20O4. The Balaban J connectivity index is 2.45. The summed E-state index contributed by atoms with van der Waals surface area (Å²) in [4.78, 5) is 0. The van der Waals surface area contributed by atoms with Gasteiger partial charge >= 0.3 is 0 Å². The van der Waals surface area contributed by atoms with Crippen LogP contribution in [0.1, 0.15) is 6.92 Å². The first-order valence-corrected chi connectivity index (χ1v) is 5.61. The summed E-state index contributed by atoms with van der Waals surface area (Å²) in [7, 11) is 3.24. The number of rotatable bonds is 4. The van der Waals surface area contributed by atoms with Gasteiger partial charge in [-0.15, -0.1) is 0 Å². The molecule has 2 bridgehead atoms. The van der Waals surface area contributed by atoms with Gasteiger partial charge in [0.15, 0.2) is 5.79 Å². The second-order valence-electron chi connectivity index (χ2n) is 4.97. The van der Waals surface area contributed by atoms with Gasteiger partial charge < -0.3 is 19.7 Å². The molecule has 0 radical (unpaired) electrons. The minimum atomic E-state index is -0.717. The van der Waals surface area contributed by atoms with Crippen molar-refractivity contribution in [3.8, 4) is 0 Å². The van der Waals surface area contributed by atoms with Crippen LogP contribution in [0.4, 0.5) is 0 Å². The molecule has 16 heavy (non-hydrogen) atoms. The van der Waals surface area contributed by atoms with Gasteiger partial charge in [-0.05, 0) is 0 Å². The van der Waals surface area contributed by atoms with E-state index in [0.29, 0.717) is 0 Å². The van der Waals surface area contributed by atoms with Gasteiger partial charge in [0.2, 0.25) is 0 Å². The van der Waals surface area contributed by atoms with Crippen molar-refractivity contribution in [2.24, 2.45) is 23.2 Å². The first-order valence-electron chi connectivity index (χ1n) is 5.61. The zero-order valence-corrected chi connectivity index (χ0v) is 10.0. The van der Waals surface area contributed by atoms with Crippen LogP contribution < -0.4 is 0 Å². The minimum Gasteiger partial charge on any atom is -0.396 e. The largest absolute Gasteiger partial charge is 0.396 e. The average molecular weight is 228 g/mol. The second-order valence-corrected chi connectivity index (χ2v) is 4.97. The van der Waals surface area contributed by atoms with Crippen LogP contribution in [0.2, 0.25) is 0 Å². The van der Waals surface area contributed by atoms with Gasteiger partial charge in [0, 0.05) is 50.6 Å². The van der Waals surface area contributed by atoms with Crippen LogP contribution in [0.25, 0.3) is 0 Å². The van der Waals surface area contributed by atoms with E-state index in [2.05, 4.69) is 0 Å². The van der Waals surface area contributed by atoms with E-state index in [4.69, 9.17) is 9.47 Å². The number of hydrogen-bond donors (Lipinski definition) is 2. The molecule has 2 aliphatic rings. The zero-order chi connectivity index (χ0) is 12.0. The number of ether oxygens (including phenoxy) is 2. The molecule has 0 aliphatic heterocycles. The van der Waals surface area contributed by atoms with Crippen LogP contribution in [-0.4, -0.2) is 43.4 Å². The Morgan fingerprint density at radius 1 is 1.19 bits per heavy atom. The van der Waals surface area contributed by atoms with E-state index in [9.17, 15) is 10.2 Å². The molecule has 0 aromatic heterocycles. The van der Waals surface area contributed by atoms with Crippen LogP contribution in [0.5, 0.6) is 0 Å². The Morgan fingerprint density at radius 3 is 2.19 bits per heavy atom. The van der Waals surface area contributed by atoms with Crippen molar-refractivity contribution in [3.63, 3.8) is 0 Å². The molecule has 1 saturated carbocycles. The van der Waals surface area contributed by atoms with Crippen LogP contribution in [0, 0.1) is 23.2 Å². The maximum Gasteiger partial charge on any atom is 0.181 e. The Labute approximate surface area is 95.9 Å². The maximum atomic E-state index is 9.62. The third-order valence-corrected chi connectivity index (χ3v) is 4.58. The lowest BCUT2D eigenvalue weighted by Crippen LogP contribution is -2.43. The van der Waals surface area contributed by atoms with Gasteiger partial charge in [0.1, 0.15) is 0 Å².